The zero-order valence-electron chi connectivity index (χ0n) is 17.9. The van der Waals surface area contributed by atoms with E-state index in [1.54, 1.807) is 19.2 Å². The molecule has 0 atom stereocenters. The van der Waals surface area contributed by atoms with Crippen LogP contribution in [-0.2, 0) is 6.42 Å². The number of nitrogens with one attached hydrogen (secondary N) is 1. The summed E-state index contributed by atoms with van der Waals surface area (Å²) in [6.07, 6.45) is 2.67. The third kappa shape index (κ3) is 6.73. The Morgan fingerprint density at radius 1 is 1.13 bits per heavy atom. The van der Waals surface area contributed by atoms with Gasteiger partial charge in [-0.3, -0.25) is 4.99 Å². The molecule has 0 radical (unpaired) electrons. The van der Waals surface area contributed by atoms with Gasteiger partial charge in [-0.05, 0) is 36.2 Å². The van der Waals surface area contributed by atoms with Crippen LogP contribution < -0.4 is 19.5 Å². The van der Waals surface area contributed by atoms with E-state index < -0.39 is 6.61 Å². The molecule has 1 aliphatic rings. The van der Waals surface area contributed by atoms with Crippen molar-refractivity contribution in [2.75, 3.05) is 33.8 Å². The summed E-state index contributed by atoms with van der Waals surface area (Å²) in [4.78, 5) is 6.60. The molecule has 0 bridgehead atoms. The number of benzene rings is 2. The molecule has 0 unspecified atom stereocenters. The first kappa shape index (κ1) is 22.7. The number of halogens is 2. The quantitative estimate of drug-likeness (QED) is 0.505. The van der Waals surface area contributed by atoms with Crippen molar-refractivity contribution in [1.29, 1.82) is 0 Å². The summed E-state index contributed by atoms with van der Waals surface area (Å²) in [6, 6.07) is 14.9. The van der Waals surface area contributed by atoms with Gasteiger partial charge in [0.15, 0.2) is 17.5 Å². The molecule has 2 aromatic carbocycles. The first-order chi connectivity index (χ1) is 15.1. The fourth-order valence-corrected chi connectivity index (χ4v) is 3.59. The Labute approximate surface area is 181 Å². The number of para-hydroxylation sites is 1. The molecule has 1 saturated heterocycles. The van der Waals surface area contributed by atoms with Crippen molar-refractivity contribution in [1.82, 2.24) is 10.2 Å². The number of likely N-dealkylation sites (tertiary alicyclic amines) is 1. The van der Waals surface area contributed by atoms with Crippen molar-refractivity contribution in [2.24, 2.45) is 4.99 Å². The molecule has 6 nitrogen and oxygen atoms in total. The second-order valence-corrected chi connectivity index (χ2v) is 7.21. The van der Waals surface area contributed by atoms with Crippen LogP contribution in [-0.4, -0.2) is 57.4 Å². The second kappa shape index (κ2) is 11.4. The number of hydrogen-bond acceptors (Lipinski definition) is 4. The zero-order valence-corrected chi connectivity index (χ0v) is 17.9. The SMILES string of the molecule is CN=C(NCCc1ccc(OC)c(OC(F)F)c1)N1CCC(Oc2ccccc2)CC1. The van der Waals surface area contributed by atoms with E-state index in [4.69, 9.17) is 9.47 Å². The number of methoxy groups -OCH3 is 1. The molecule has 0 amide bonds. The Morgan fingerprint density at radius 3 is 2.52 bits per heavy atom. The molecule has 1 fully saturated rings. The second-order valence-electron chi connectivity index (χ2n) is 7.21. The van der Waals surface area contributed by atoms with Crippen molar-refractivity contribution >= 4 is 5.96 Å². The largest absolute Gasteiger partial charge is 0.493 e. The van der Waals surface area contributed by atoms with Crippen LogP contribution in [0.2, 0.25) is 0 Å². The maximum absolute atomic E-state index is 12.6. The van der Waals surface area contributed by atoms with Crippen LogP contribution in [0.25, 0.3) is 0 Å². The van der Waals surface area contributed by atoms with Gasteiger partial charge in [-0.15, -0.1) is 0 Å². The van der Waals surface area contributed by atoms with Gasteiger partial charge in [0.05, 0.1) is 7.11 Å². The lowest BCUT2D eigenvalue weighted by atomic mass is 10.1. The number of rotatable bonds is 8. The molecule has 0 aromatic heterocycles. The van der Waals surface area contributed by atoms with Gasteiger partial charge in [-0.2, -0.15) is 8.78 Å². The molecule has 1 heterocycles. The predicted octanol–water partition coefficient (Wildman–Crippen LogP) is 3.96. The summed E-state index contributed by atoms with van der Waals surface area (Å²) in [6.45, 7) is -0.568. The smallest absolute Gasteiger partial charge is 0.387 e. The van der Waals surface area contributed by atoms with E-state index in [-0.39, 0.29) is 17.6 Å². The fourth-order valence-electron chi connectivity index (χ4n) is 3.59. The van der Waals surface area contributed by atoms with Crippen LogP contribution in [0.15, 0.2) is 53.5 Å². The number of nitrogens with zero attached hydrogens (tertiary/aromatic N) is 2. The molecule has 1 aliphatic heterocycles. The number of aliphatic imine (C=N–C) groups is 1. The number of alkyl halides is 2. The van der Waals surface area contributed by atoms with Crippen LogP contribution in [0, 0.1) is 0 Å². The molecule has 3 rings (SSSR count). The standard InChI is InChI=1S/C23H29F2N3O3/c1-26-23(28-14-11-19(12-15-28)30-18-6-4-3-5-7-18)27-13-10-17-8-9-20(29-2)21(16-17)31-22(24)25/h3-9,16,19,22H,10-15H2,1-2H3,(H,26,27). The molecule has 31 heavy (non-hydrogen) atoms. The third-order valence-corrected chi connectivity index (χ3v) is 5.14. The van der Waals surface area contributed by atoms with E-state index in [9.17, 15) is 8.78 Å². The first-order valence-electron chi connectivity index (χ1n) is 10.4. The van der Waals surface area contributed by atoms with Crippen LogP contribution >= 0.6 is 0 Å². The van der Waals surface area contributed by atoms with Crippen molar-refractivity contribution in [3.8, 4) is 17.2 Å². The maximum Gasteiger partial charge on any atom is 0.387 e. The summed E-state index contributed by atoms with van der Waals surface area (Å²) >= 11 is 0. The Kier molecular flexibility index (Phi) is 8.32. The summed E-state index contributed by atoms with van der Waals surface area (Å²) in [7, 11) is 3.18. The van der Waals surface area contributed by atoms with E-state index in [0.29, 0.717) is 13.0 Å². The number of hydrogen-bond donors (Lipinski definition) is 1. The normalized spacial score (nSPS) is 15.1. The van der Waals surface area contributed by atoms with Crippen molar-refractivity contribution in [3.05, 3.63) is 54.1 Å². The summed E-state index contributed by atoms with van der Waals surface area (Å²) in [5.41, 5.74) is 0.870. The van der Waals surface area contributed by atoms with Gasteiger partial charge < -0.3 is 24.4 Å². The molecule has 2 aromatic rings. The Hall–Kier alpha value is -3.03. The van der Waals surface area contributed by atoms with E-state index in [1.165, 1.54) is 7.11 Å². The van der Waals surface area contributed by atoms with Crippen molar-refractivity contribution in [3.63, 3.8) is 0 Å². The highest BCUT2D eigenvalue weighted by Gasteiger charge is 2.22. The highest BCUT2D eigenvalue weighted by molar-refractivity contribution is 5.80. The Balaban J connectivity index is 1.47. The van der Waals surface area contributed by atoms with Gasteiger partial charge in [0.25, 0.3) is 0 Å². The van der Waals surface area contributed by atoms with E-state index in [1.807, 2.05) is 36.4 Å². The summed E-state index contributed by atoms with van der Waals surface area (Å²) < 4.78 is 40.9. The monoisotopic (exact) mass is 433 g/mol. The molecular weight excluding hydrogens is 404 g/mol. The average Bonchev–Trinajstić information content (AvgIpc) is 2.78. The first-order valence-corrected chi connectivity index (χ1v) is 10.4. The minimum atomic E-state index is -2.89. The number of ether oxygens (including phenoxy) is 3. The van der Waals surface area contributed by atoms with E-state index in [0.717, 1.165) is 43.2 Å². The summed E-state index contributed by atoms with van der Waals surface area (Å²) in [5, 5.41) is 3.36. The van der Waals surface area contributed by atoms with Crippen molar-refractivity contribution in [2.45, 2.75) is 32.0 Å². The lowest BCUT2D eigenvalue weighted by Crippen LogP contribution is -2.47. The lowest BCUT2D eigenvalue weighted by Gasteiger charge is -2.34. The maximum atomic E-state index is 12.6. The lowest BCUT2D eigenvalue weighted by molar-refractivity contribution is -0.0512. The van der Waals surface area contributed by atoms with Crippen LogP contribution in [0.5, 0.6) is 17.2 Å². The molecule has 0 spiro atoms. The van der Waals surface area contributed by atoms with Crippen molar-refractivity contribution < 1.29 is 23.0 Å². The molecular formula is C23H29F2N3O3. The molecule has 8 heteroatoms. The highest BCUT2D eigenvalue weighted by atomic mass is 19.3. The van der Waals surface area contributed by atoms with Crippen LogP contribution in [0.1, 0.15) is 18.4 Å². The van der Waals surface area contributed by atoms with Crippen LogP contribution in [0.3, 0.4) is 0 Å². The summed E-state index contributed by atoms with van der Waals surface area (Å²) in [5.74, 6) is 2.06. The Morgan fingerprint density at radius 2 is 1.87 bits per heavy atom. The molecule has 0 aliphatic carbocycles. The van der Waals surface area contributed by atoms with E-state index >= 15 is 0 Å². The number of guanidine groups is 1. The van der Waals surface area contributed by atoms with Gasteiger partial charge in [-0.1, -0.05) is 24.3 Å². The average molecular weight is 433 g/mol. The van der Waals surface area contributed by atoms with E-state index in [2.05, 4.69) is 19.9 Å². The van der Waals surface area contributed by atoms with Crippen LogP contribution in [0.4, 0.5) is 8.78 Å². The van der Waals surface area contributed by atoms with Gasteiger partial charge in [-0.25, -0.2) is 0 Å². The minimum Gasteiger partial charge on any atom is -0.493 e. The van der Waals surface area contributed by atoms with Gasteiger partial charge >= 0.3 is 6.61 Å². The molecule has 1 N–H and O–H groups in total. The third-order valence-electron chi connectivity index (χ3n) is 5.14. The molecule has 168 valence electrons. The van der Waals surface area contributed by atoms with Gasteiger partial charge in [0.1, 0.15) is 11.9 Å². The molecule has 0 saturated carbocycles. The predicted molar refractivity (Wildman–Crippen MR) is 116 cm³/mol. The highest BCUT2D eigenvalue weighted by Crippen LogP contribution is 2.29. The Bertz CT molecular complexity index is 841. The van der Waals surface area contributed by atoms with Gasteiger partial charge in [0.2, 0.25) is 0 Å². The minimum absolute atomic E-state index is 0.0415. The zero-order chi connectivity index (χ0) is 22.1. The van der Waals surface area contributed by atoms with Gasteiger partial charge in [0, 0.05) is 39.5 Å². The topological polar surface area (TPSA) is 55.3 Å². The fraction of sp³-hybridized carbons (Fsp3) is 0.435. The number of piperidine rings is 1.